The number of pyridine rings is 1. The van der Waals surface area contributed by atoms with Crippen LogP contribution in [0.4, 0.5) is 11.5 Å². The molecule has 0 atom stereocenters. The summed E-state index contributed by atoms with van der Waals surface area (Å²) < 4.78 is 5.30. The topological polar surface area (TPSA) is 63.2 Å². The molecule has 6 heteroatoms. The van der Waals surface area contributed by atoms with Crippen LogP contribution in [-0.2, 0) is 6.54 Å². The number of aromatic nitrogens is 1. The summed E-state index contributed by atoms with van der Waals surface area (Å²) in [5.74, 6) is 1.12. The van der Waals surface area contributed by atoms with E-state index in [0.717, 1.165) is 17.0 Å². The Kier molecular flexibility index (Phi) is 5.71. The van der Waals surface area contributed by atoms with E-state index in [1.54, 1.807) is 37.6 Å². The Bertz CT molecular complexity index is 915. The molecule has 0 spiro atoms. The van der Waals surface area contributed by atoms with Gasteiger partial charge in [0.25, 0.3) is 5.91 Å². The molecule has 0 saturated heterocycles. The Morgan fingerprint density at radius 1 is 1.12 bits per heavy atom. The van der Waals surface area contributed by atoms with Crippen molar-refractivity contribution in [2.24, 2.45) is 0 Å². The lowest BCUT2D eigenvalue weighted by Gasteiger charge is -2.10. The number of carbonyl (C=O) groups excluding carboxylic acids is 1. The highest BCUT2D eigenvalue weighted by Gasteiger charge is 2.09. The zero-order chi connectivity index (χ0) is 18.4. The van der Waals surface area contributed by atoms with E-state index in [4.69, 9.17) is 16.3 Å². The number of carbonyl (C=O) groups is 1. The van der Waals surface area contributed by atoms with Crippen LogP contribution in [0.5, 0.6) is 5.75 Å². The van der Waals surface area contributed by atoms with Crippen molar-refractivity contribution in [3.63, 3.8) is 0 Å². The molecular formula is C20H18ClN3O2. The smallest absolute Gasteiger partial charge is 0.251 e. The molecule has 5 nitrogen and oxygen atoms in total. The van der Waals surface area contributed by atoms with Crippen molar-refractivity contribution in [2.75, 3.05) is 12.4 Å². The van der Waals surface area contributed by atoms with E-state index in [-0.39, 0.29) is 5.91 Å². The van der Waals surface area contributed by atoms with Crippen LogP contribution in [-0.4, -0.2) is 18.0 Å². The lowest BCUT2D eigenvalue weighted by atomic mass is 10.2. The van der Waals surface area contributed by atoms with Crippen molar-refractivity contribution in [3.8, 4) is 5.75 Å². The number of methoxy groups -OCH3 is 1. The van der Waals surface area contributed by atoms with Gasteiger partial charge in [0, 0.05) is 34.6 Å². The second-order valence-corrected chi connectivity index (χ2v) is 6.00. The van der Waals surface area contributed by atoms with Crippen LogP contribution in [0.1, 0.15) is 15.9 Å². The SMILES string of the molecule is COc1ccccc1CNC(=O)c1ccnc(Nc2cccc(Cl)c2)c1. The minimum absolute atomic E-state index is 0.188. The normalized spacial score (nSPS) is 10.2. The van der Waals surface area contributed by atoms with Gasteiger partial charge in [0.2, 0.25) is 0 Å². The van der Waals surface area contributed by atoms with Crippen LogP contribution in [0.15, 0.2) is 66.9 Å². The van der Waals surface area contributed by atoms with Gasteiger partial charge in [-0.25, -0.2) is 4.98 Å². The minimum Gasteiger partial charge on any atom is -0.496 e. The number of nitrogens with zero attached hydrogens (tertiary/aromatic N) is 1. The molecule has 0 saturated carbocycles. The maximum absolute atomic E-state index is 12.4. The third-order valence-corrected chi connectivity index (χ3v) is 3.99. The largest absolute Gasteiger partial charge is 0.496 e. The third-order valence-electron chi connectivity index (χ3n) is 3.75. The fourth-order valence-electron chi connectivity index (χ4n) is 2.48. The molecule has 3 aromatic rings. The fraction of sp³-hybridized carbons (Fsp3) is 0.100. The van der Waals surface area contributed by atoms with E-state index in [9.17, 15) is 4.79 Å². The number of nitrogens with one attached hydrogen (secondary N) is 2. The molecule has 1 amide bonds. The third kappa shape index (κ3) is 4.52. The quantitative estimate of drug-likeness (QED) is 0.677. The fourth-order valence-corrected chi connectivity index (χ4v) is 2.67. The molecule has 0 aliphatic carbocycles. The highest BCUT2D eigenvalue weighted by molar-refractivity contribution is 6.30. The van der Waals surface area contributed by atoms with E-state index in [2.05, 4.69) is 15.6 Å². The van der Waals surface area contributed by atoms with Crippen LogP contribution >= 0.6 is 11.6 Å². The van der Waals surface area contributed by atoms with Gasteiger partial charge >= 0.3 is 0 Å². The van der Waals surface area contributed by atoms with Gasteiger partial charge in [-0.3, -0.25) is 4.79 Å². The van der Waals surface area contributed by atoms with Crippen LogP contribution < -0.4 is 15.4 Å². The van der Waals surface area contributed by atoms with E-state index in [1.807, 2.05) is 36.4 Å². The summed E-state index contributed by atoms with van der Waals surface area (Å²) in [5, 5.41) is 6.66. The van der Waals surface area contributed by atoms with Gasteiger partial charge in [-0.15, -0.1) is 0 Å². The predicted octanol–water partition coefficient (Wildman–Crippen LogP) is 4.42. The van der Waals surface area contributed by atoms with E-state index >= 15 is 0 Å². The second kappa shape index (κ2) is 8.36. The van der Waals surface area contributed by atoms with E-state index in [1.165, 1.54) is 0 Å². The molecule has 0 aliphatic heterocycles. The number of hydrogen-bond acceptors (Lipinski definition) is 4. The number of anilines is 2. The lowest BCUT2D eigenvalue weighted by Crippen LogP contribution is -2.23. The van der Waals surface area contributed by atoms with Crippen molar-refractivity contribution in [3.05, 3.63) is 83.0 Å². The Morgan fingerprint density at radius 2 is 1.96 bits per heavy atom. The maximum Gasteiger partial charge on any atom is 0.251 e. The molecule has 2 aromatic carbocycles. The number of ether oxygens (including phenoxy) is 1. The molecule has 26 heavy (non-hydrogen) atoms. The number of halogens is 1. The zero-order valence-corrected chi connectivity index (χ0v) is 15.0. The average molecular weight is 368 g/mol. The molecule has 132 valence electrons. The Balaban J connectivity index is 1.68. The first-order chi connectivity index (χ1) is 12.7. The predicted molar refractivity (Wildman–Crippen MR) is 103 cm³/mol. The molecule has 0 radical (unpaired) electrons. The number of para-hydroxylation sites is 1. The van der Waals surface area contributed by atoms with Crippen molar-refractivity contribution in [1.29, 1.82) is 0 Å². The maximum atomic E-state index is 12.4. The van der Waals surface area contributed by atoms with Gasteiger partial charge in [0.05, 0.1) is 7.11 Å². The standard InChI is InChI=1S/C20H18ClN3O2/c1-26-18-8-3-2-5-15(18)13-23-20(25)14-9-10-22-19(11-14)24-17-7-4-6-16(21)12-17/h2-12H,13H2,1H3,(H,22,24)(H,23,25). The van der Waals surface area contributed by atoms with Gasteiger partial charge in [-0.1, -0.05) is 35.9 Å². The van der Waals surface area contributed by atoms with Crippen LogP contribution in [0.3, 0.4) is 0 Å². The zero-order valence-electron chi connectivity index (χ0n) is 14.2. The van der Waals surface area contributed by atoms with Gasteiger partial charge < -0.3 is 15.4 Å². The summed E-state index contributed by atoms with van der Waals surface area (Å²) in [5.41, 5.74) is 2.23. The van der Waals surface area contributed by atoms with Crippen molar-refractivity contribution in [1.82, 2.24) is 10.3 Å². The lowest BCUT2D eigenvalue weighted by molar-refractivity contribution is 0.0950. The van der Waals surface area contributed by atoms with Crippen molar-refractivity contribution >= 4 is 29.0 Å². The molecule has 0 fully saturated rings. The summed E-state index contributed by atoms with van der Waals surface area (Å²) in [6.07, 6.45) is 1.59. The van der Waals surface area contributed by atoms with Gasteiger partial charge in [0.15, 0.2) is 0 Å². The molecule has 0 aliphatic rings. The number of amides is 1. The summed E-state index contributed by atoms with van der Waals surface area (Å²) in [7, 11) is 1.61. The van der Waals surface area contributed by atoms with E-state index in [0.29, 0.717) is 22.9 Å². The van der Waals surface area contributed by atoms with Gasteiger partial charge in [0.1, 0.15) is 11.6 Å². The molecular weight excluding hydrogens is 350 g/mol. The first kappa shape index (κ1) is 17.8. The van der Waals surface area contributed by atoms with Crippen LogP contribution in [0, 0.1) is 0 Å². The van der Waals surface area contributed by atoms with E-state index < -0.39 is 0 Å². The molecule has 0 unspecified atom stereocenters. The average Bonchev–Trinajstić information content (AvgIpc) is 2.66. The monoisotopic (exact) mass is 367 g/mol. The van der Waals surface area contributed by atoms with Crippen LogP contribution in [0.2, 0.25) is 5.02 Å². The first-order valence-corrected chi connectivity index (χ1v) is 8.42. The van der Waals surface area contributed by atoms with Crippen LogP contribution in [0.25, 0.3) is 0 Å². The number of rotatable bonds is 6. The Morgan fingerprint density at radius 3 is 2.77 bits per heavy atom. The highest BCUT2D eigenvalue weighted by atomic mass is 35.5. The molecule has 1 heterocycles. The van der Waals surface area contributed by atoms with Gasteiger partial charge in [-0.05, 0) is 36.4 Å². The summed E-state index contributed by atoms with van der Waals surface area (Å²) >= 11 is 5.98. The summed E-state index contributed by atoms with van der Waals surface area (Å²) in [4.78, 5) is 16.7. The second-order valence-electron chi connectivity index (χ2n) is 5.56. The number of hydrogen-bond donors (Lipinski definition) is 2. The summed E-state index contributed by atoms with van der Waals surface area (Å²) in [6, 6.07) is 18.2. The van der Waals surface area contributed by atoms with Gasteiger partial charge in [-0.2, -0.15) is 0 Å². The van der Waals surface area contributed by atoms with Crippen molar-refractivity contribution < 1.29 is 9.53 Å². The first-order valence-electron chi connectivity index (χ1n) is 8.04. The van der Waals surface area contributed by atoms with Crippen molar-refractivity contribution in [2.45, 2.75) is 6.54 Å². The molecule has 1 aromatic heterocycles. The number of benzene rings is 2. The Labute approximate surface area is 157 Å². The highest BCUT2D eigenvalue weighted by Crippen LogP contribution is 2.20. The Hall–Kier alpha value is -3.05. The molecule has 0 bridgehead atoms. The minimum atomic E-state index is -0.188. The molecule has 2 N–H and O–H groups in total. The molecule has 3 rings (SSSR count). The summed E-state index contributed by atoms with van der Waals surface area (Å²) in [6.45, 7) is 0.377.